The van der Waals surface area contributed by atoms with E-state index in [9.17, 15) is 10.1 Å². The number of nitrogens with zero attached hydrogens (tertiary/aromatic N) is 1. The number of nitrogens with one attached hydrogen (secondary N) is 1. The van der Waals surface area contributed by atoms with Gasteiger partial charge in [0.05, 0.1) is 13.7 Å². The summed E-state index contributed by atoms with van der Waals surface area (Å²) in [6, 6.07) is 23.7. The van der Waals surface area contributed by atoms with Crippen molar-refractivity contribution < 1.29 is 14.3 Å². The van der Waals surface area contributed by atoms with Crippen molar-refractivity contribution in [1.29, 1.82) is 5.26 Å². The molecular weight excluding hydrogens is 388 g/mol. The van der Waals surface area contributed by atoms with Gasteiger partial charge in [-0.3, -0.25) is 0 Å². The number of hydrogen-bond acceptors (Lipinski definition) is 4. The summed E-state index contributed by atoms with van der Waals surface area (Å²) in [5.41, 5.74) is 5.63. The van der Waals surface area contributed by atoms with E-state index in [0.717, 1.165) is 0 Å². The molecule has 4 rings (SSSR count). The molecule has 5 nitrogen and oxygen atoms in total. The molecule has 1 aliphatic carbocycles. The second kappa shape index (κ2) is 9.07. The Labute approximate surface area is 181 Å². The average Bonchev–Trinajstić information content (AvgIpc) is 3.14. The number of carbonyl (C=O) groups is 1. The van der Waals surface area contributed by atoms with Gasteiger partial charge in [-0.15, -0.1) is 0 Å². The van der Waals surface area contributed by atoms with E-state index in [-0.39, 0.29) is 19.1 Å². The molecule has 0 saturated carbocycles. The van der Waals surface area contributed by atoms with Gasteiger partial charge in [0.15, 0.2) is 0 Å². The van der Waals surface area contributed by atoms with Crippen LogP contribution in [0.1, 0.15) is 28.2 Å². The third-order valence-electron chi connectivity index (χ3n) is 5.25. The Kier molecular flexibility index (Phi) is 5.87. The van der Waals surface area contributed by atoms with E-state index < -0.39 is 6.09 Å². The molecule has 0 saturated heterocycles. The Morgan fingerprint density at radius 2 is 1.68 bits per heavy atom. The summed E-state index contributed by atoms with van der Waals surface area (Å²) >= 11 is 0. The highest BCUT2D eigenvalue weighted by molar-refractivity contribution is 5.79. The molecule has 152 valence electrons. The number of nitriles is 1. The van der Waals surface area contributed by atoms with Crippen LogP contribution in [0.25, 0.3) is 11.1 Å². The van der Waals surface area contributed by atoms with E-state index >= 15 is 0 Å². The monoisotopic (exact) mass is 408 g/mol. The predicted molar refractivity (Wildman–Crippen MR) is 118 cm³/mol. The van der Waals surface area contributed by atoms with Gasteiger partial charge in [0.1, 0.15) is 24.0 Å². The normalized spacial score (nSPS) is 11.4. The second-order valence-corrected chi connectivity index (χ2v) is 6.98. The van der Waals surface area contributed by atoms with Crippen LogP contribution in [0.3, 0.4) is 0 Å². The van der Waals surface area contributed by atoms with E-state index in [1.165, 1.54) is 29.4 Å². The van der Waals surface area contributed by atoms with Gasteiger partial charge in [-0.05, 0) is 34.4 Å². The Balaban J connectivity index is 1.37. The molecular formula is C26H20N2O3. The first kappa shape index (κ1) is 20.1. The predicted octanol–water partition coefficient (Wildman–Crippen LogP) is 4.46. The van der Waals surface area contributed by atoms with Crippen LogP contribution in [0, 0.1) is 23.2 Å². The van der Waals surface area contributed by atoms with Gasteiger partial charge in [-0.2, -0.15) is 5.26 Å². The molecule has 0 unspecified atom stereocenters. The summed E-state index contributed by atoms with van der Waals surface area (Å²) in [5, 5.41) is 11.9. The third-order valence-corrected chi connectivity index (χ3v) is 5.25. The lowest BCUT2D eigenvalue weighted by Crippen LogP contribution is -2.26. The van der Waals surface area contributed by atoms with Gasteiger partial charge in [-0.1, -0.05) is 66.4 Å². The van der Waals surface area contributed by atoms with Crippen molar-refractivity contribution in [3.8, 4) is 34.8 Å². The standard InChI is InChI=1S/C26H20N2O3/c1-30-25-14-6-8-18(23(25)16-27)9-7-15-28-26(29)31-17-24-21-12-4-2-10-19(21)20-11-3-5-13-22(20)24/h2-6,8,10-14,24H,15,17H2,1H3,(H,28,29). The van der Waals surface area contributed by atoms with Gasteiger partial charge in [0.25, 0.3) is 0 Å². The summed E-state index contributed by atoms with van der Waals surface area (Å²) in [4.78, 5) is 12.2. The number of rotatable bonds is 4. The lowest BCUT2D eigenvalue weighted by atomic mass is 9.98. The smallest absolute Gasteiger partial charge is 0.407 e. The van der Waals surface area contributed by atoms with Crippen molar-refractivity contribution in [2.75, 3.05) is 20.3 Å². The topological polar surface area (TPSA) is 71.3 Å². The summed E-state index contributed by atoms with van der Waals surface area (Å²) in [6.07, 6.45) is -0.526. The van der Waals surface area contributed by atoms with Gasteiger partial charge in [0.2, 0.25) is 0 Å². The van der Waals surface area contributed by atoms with Crippen molar-refractivity contribution in [1.82, 2.24) is 5.32 Å². The van der Waals surface area contributed by atoms with Crippen LogP contribution in [0.15, 0.2) is 66.7 Å². The lowest BCUT2D eigenvalue weighted by Gasteiger charge is -2.14. The van der Waals surface area contributed by atoms with Crippen molar-refractivity contribution in [3.63, 3.8) is 0 Å². The fourth-order valence-corrected chi connectivity index (χ4v) is 3.83. The Morgan fingerprint density at radius 1 is 1.00 bits per heavy atom. The number of benzene rings is 3. The molecule has 0 fully saturated rings. The number of amides is 1. The average molecular weight is 408 g/mol. The minimum absolute atomic E-state index is 0.0132. The second-order valence-electron chi connectivity index (χ2n) is 6.98. The van der Waals surface area contributed by atoms with Crippen LogP contribution in [0.5, 0.6) is 5.75 Å². The number of ether oxygens (including phenoxy) is 2. The highest BCUT2D eigenvalue weighted by Crippen LogP contribution is 2.44. The Hall–Kier alpha value is -4.22. The molecule has 0 aliphatic heterocycles. The molecule has 0 spiro atoms. The molecule has 3 aromatic rings. The summed E-state index contributed by atoms with van der Waals surface area (Å²) in [6.45, 7) is 0.362. The number of fused-ring (bicyclic) bond motifs is 3. The van der Waals surface area contributed by atoms with Gasteiger partial charge in [0, 0.05) is 11.5 Å². The van der Waals surface area contributed by atoms with Crippen molar-refractivity contribution in [2.45, 2.75) is 5.92 Å². The summed E-state index contributed by atoms with van der Waals surface area (Å²) in [5.74, 6) is 6.23. The molecule has 1 N–H and O–H groups in total. The van der Waals surface area contributed by atoms with Crippen molar-refractivity contribution in [3.05, 3.63) is 89.0 Å². The van der Waals surface area contributed by atoms with Gasteiger partial charge >= 0.3 is 6.09 Å². The van der Waals surface area contributed by atoms with E-state index in [2.05, 4.69) is 47.5 Å². The maximum atomic E-state index is 12.2. The van der Waals surface area contributed by atoms with E-state index in [0.29, 0.717) is 16.9 Å². The largest absolute Gasteiger partial charge is 0.495 e. The van der Waals surface area contributed by atoms with Crippen LogP contribution in [0.2, 0.25) is 0 Å². The molecule has 1 aliphatic rings. The minimum atomic E-state index is -0.526. The highest BCUT2D eigenvalue weighted by Gasteiger charge is 2.28. The van der Waals surface area contributed by atoms with Crippen LogP contribution < -0.4 is 10.1 Å². The first-order valence-corrected chi connectivity index (χ1v) is 9.87. The maximum Gasteiger partial charge on any atom is 0.407 e. The molecule has 0 radical (unpaired) electrons. The Morgan fingerprint density at radius 3 is 2.32 bits per heavy atom. The SMILES string of the molecule is COc1cccc(C#CCNC(=O)OCC2c3ccccc3-c3ccccc32)c1C#N. The molecule has 1 amide bonds. The summed E-state index contributed by atoms with van der Waals surface area (Å²) < 4.78 is 10.7. The van der Waals surface area contributed by atoms with E-state index in [1.54, 1.807) is 18.2 Å². The zero-order valence-electron chi connectivity index (χ0n) is 17.0. The minimum Gasteiger partial charge on any atom is -0.495 e. The van der Waals surface area contributed by atoms with Crippen molar-refractivity contribution in [2.24, 2.45) is 0 Å². The molecule has 3 aromatic carbocycles. The molecule has 0 bridgehead atoms. The van der Waals surface area contributed by atoms with Gasteiger partial charge < -0.3 is 14.8 Å². The first-order chi connectivity index (χ1) is 15.2. The molecule has 0 aromatic heterocycles. The molecule has 31 heavy (non-hydrogen) atoms. The van der Waals surface area contributed by atoms with E-state index in [1.807, 2.05) is 24.3 Å². The highest BCUT2D eigenvalue weighted by atomic mass is 16.5. The Bertz CT molecular complexity index is 1190. The third kappa shape index (κ3) is 4.08. The van der Waals surface area contributed by atoms with Crippen LogP contribution in [0.4, 0.5) is 4.79 Å². The quantitative estimate of drug-likeness (QED) is 0.647. The number of methoxy groups -OCH3 is 1. The zero-order valence-corrected chi connectivity index (χ0v) is 17.0. The summed E-state index contributed by atoms with van der Waals surface area (Å²) in [7, 11) is 1.51. The van der Waals surface area contributed by atoms with E-state index in [4.69, 9.17) is 9.47 Å². The maximum absolute atomic E-state index is 12.2. The number of carbonyl (C=O) groups excluding carboxylic acids is 1. The fraction of sp³-hybridized carbons (Fsp3) is 0.154. The molecule has 0 atom stereocenters. The molecule has 5 heteroatoms. The van der Waals surface area contributed by atoms with Crippen LogP contribution >= 0.6 is 0 Å². The number of hydrogen-bond donors (Lipinski definition) is 1. The van der Waals surface area contributed by atoms with Crippen molar-refractivity contribution >= 4 is 6.09 Å². The lowest BCUT2D eigenvalue weighted by molar-refractivity contribution is 0.144. The van der Waals surface area contributed by atoms with Gasteiger partial charge in [-0.25, -0.2) is 4.79 Å². The van der Waals surface area contributed by atoms with Crippen LogP contribution in [-0.2, 0) is 4.74 Å². The molecule has 0 heterocycles. The zero-order chi connectivity index (χ0) is 21.6. The number of alkyl carbamates (subject to hydrolysis) is 1. The van der Waals surface area contributed by atoms with Crippen LogP contribution in [-0.4, -0.2) is 26.4 Å². The fourth-order valence-electron chi connectivity index (χ4n) is 3.83. The first-order valence-electron chi connectivity index (χ1n) is 9.87.